The van der Waals surface area contributed by atoms with E-state index in [1.165, 1.54) is 6.07 Å². The fourth-order valence-electron chi connectivity index (χ4n) is 2.57. The molecule has 3 rings (SSSR count). The normalized spacial score (nSPS) is 17.5. The predicted molar refractivity (Wildman–Crippen MR) is 91.4 cm³/mol. The Morgan fingerprint density at radius 2 is 2.08 bits per heavy atom. The molecule has 2 aromatic rings. The van der Waals surface area contributed by atoms with Gasteiger partial charge in [0.2, 0.25) is 0 Å². The lowest BCUT2D eigenvalue weighted by molar-refractivity contribution is -0.139. The van der Waals surface area contributed by atoms with Crippen LogP contribution in [0, 0.1) is 0 Å². The van der Waals surface area contributed by atoms with E-state index in [0.717, 1.165) is 11.0 Å². The summed E-state index contributed by atoms with van der Waals surface area (Å²) in [6.07, 6.45) is 3.74. The van der Waals surface area contributed by atoms with Gasteiger partial charge in [-0.2, -0.15) is 0 Å². The molecule has 0 radical (unpaired) electrons. The largest absolute Gasteiger partial charge is 0.489 e. The average molecular weight is 342 g/mol. The Morgan fingerprint density at radius 1 is 1.28 bits per heavy atom. The Hall–Kier alpha value is -2.86. The smallest absolute Gasteiger partial charge is 0.336 e. The van der Waals surface area contributed by atoms with Gasteiger partial charge < -0.3 is 19.0 Å². The van der Waals surface area contributed by atoms with Crippen LogP contribution in [0.3, 0.4) is 0 Å². The lowest BCUT2D eigenvalue weighted by Crippen LogP contribution is -2.09. The maximum atomic E-state index is 11.4. The number of aliphatic hydroxyl groups is 1. The van der Waals surface area contributed by atoms with Crippen molar-refractivity contribution in [2.45, 2.75) is 19.4 Å². The topological polar surface area (TPSA) is 86.0 Å². The molecule has 25 heavy (non-hydrogen) atoms. The second-order valence-electron chi connectivity index (χ2n) is 5.81. The second-order valence-corrected chi connectivity index (χ2v) is 5.81. The summed E-state index contributed by atoms with van der Waals surface area (Å²) in [7, 11) is 0. The van der Waals surface area contributed by atoms with Crippen LogP contribution >= 0.6 is 0 Å². The molecular formula is C19H18O6. The molecule has 6 nitrogen and oxygen atoms in total. The Bertz CT molecular complexity index is 906. The first kappa shape index (κ1) is 17.0. The Morgan fingerprint density at radius 3 is 2.84 bits per heavy atom. The van der Waals surface area contributed by atoms with E-state index >= 15 is 0 Å². The van der Waals surface area contributed by atoms with Gasteiger partial charge in [0, 0.05) is 23.9 Å². The highest BCUT2D eigenvalue weighted by Crippen LogP contribution is 2.21. The zero-order chi connectivity index (χ0) is 17.8. The second kappa shape index (κ2) is 7.36. The van der Waals surface area contributed by atoms with E-state index in [0.29, 0.717) is 29.9 Å². The molecule has 130 valence electrons. The van der Waals surface area contributed by atoms with Crippen molar-refractivity contribution in [1.82, 2.24) is 0 Å². The number of hydrogen-bond acceptors (Lipinski definition) is 6. The van der Waals surface area contributed by atoms with E-state index in [4.69, 9.17) is 19.0 Å². The maximum absolute atomic E-state index is 11.4. The summed E-state index contributed by atoms with van der Waals surface area (Å²) in [5.41, 5.74) is 1.37. The molecule has 1 aromatic carbocycles. The highest BCUT2D eigenvalue weighted by atomic mass is 16.5. The summed E-state index contributed by atoms with van der Waals surface area (Å²) in [6, 6.07) is 8.38. The number of rotatable bonds is 6. The lowest BCUT2D eigenvalue weighted by Gasteiger charge is -2.09. The van der Waals surface area contributed by atoms with Crippen molar-refractivity contribution in [3.05, 3.63) is 64.1 Å². The highest BCUT2D eigenvalue weighted by Gasteiger charge is 2.24. The first-order chi connectivity index (χ1) is 12.0. The van der Waals surface area contributed by atoms with Gasteiger partial charge in [-0.15, -0.1) is 0 Å². The number of carbonyl (C=O) groups excluding carboxylic acids is 1. The van der Waals surface area contributed by atoms with Gasteiger partial charge in [0.15, 0.2) is 0 Å². The van der Waals surface area contributed by atoms with Crippen LogP contribution in [0.5, 0.6) is 5.75 Å². The SMILES string of the molecule is CC(=CCOc1ccc2ccc(=O)oc2c1)C[C@H]1C=C(CO)C(=O)O1. The average Bonchev–Trinajstić information content (AvgIpc) is 2.93. The molecule has 0 saturated carbocycles. The van der Waals surface area contributed by atoms with Crippen LogP contribution in [0.2, 0.25) is 0 Å². The molecule has 0 unspecified atom stereocenters. The molecule has 1 N–H and O–H groups in total. The molecule has 1 aliphatic rings. The third kappa shape index (κ3) is 4.16. The van der Waals surface area contributed by atoms with Gasteiger partial charge >= 0.3 is 11.6 Å². The van der Waals surface area contributed by atoms with Crippen LogP contribution in [0.15, 0.2) is 62.8 Å². The molecule has 0 fully saturated rings. The van der Waals surface area contributed by atoms with E-state index in [1.54, 1.807) is 24.3 Å². The molecule has 1 atom stereocenters. The van der Waals surface area contributed by atoms with Gasteiger partial charge in [-0.3, -0.25) is 0 Å². The zero-order valence-electron chi connectivity index (χ0n) is 13.7. The summed E-state index contributed by atoms with van der Waals surface area (Å²) < 4.78 is 15.9. The number of benzene rings is 1. The molecule has 0 amide bonds. The Balaban J connectivity index is 1.58. The first-order valence-corrected chi connectivity index (χ1v) is 7.90. The van der Waals surface area contributed by atoms with Crippen molar-refractivity contribution in [2.75, 3.05) is 13.2 Å². The molecule has 6 heteroatoms. The molecule has 2 heterocycles. The zero-order valence-corrected chi connectivity index (χ0v) is 13.7. The minimum atomic E-state index is -0.464. The first-order valence-electron chi connectivity index (χ1n) is 7.90. The van der Waals surface area contributed by atoms with Crippen LogP contribution in [0.4, 0.5) is 0 Å². The van der Waals surface area contributed by atoms with Gasteiger partial charge in [-0.05, 0) is 37.3 Å². The monoisotopic (exact) mass is 342 g/mol. The standard InChI is InChI=1S/C19H18O6/c1-12(8-16-9-14(11-20)19(22)24-16)6-7-23-15-4-2-13-3-5-18(21)25-17(13)10-15/h2-6,9-10,16,20H,7-8,11H2,1H3/t16-/m0/s1. The fraction of sp³-hybridized carbons (Fsp3) is 0.263. The van der Waals surface area contributed by atoms with Crippen molar-refractivity contribution in [3.8, 4) is 5.75 Å². The van der Waals surface area contributed by atoms with E-state index in [2.05, 4.69) is 0 Å². The van der Waals surface area contributed by atoms with Crippen molar-refractivity contribution in [1.29, 1.82) is 0 Å². The molecule has 1 aromatic heterocycles. The number of aliphatic hydroxyl groups excluding tert-OH is 1. The van der Waals surface area contributed by atoms with Gasteiger partial charge in [0.25, 0.3) is 0 Å². The summed E-state index contributed by atoms with van der Waals surface area (Å²) in [5.74, 6) is 0.134. The van der Waals surface area contributed by atoms with Crippen LogP contribution in [-0.2, 0) is 9.53 Å². The number of esters is 1. The van der Waals surface area contributed by atoms with Gasteiger partial charge in [0.05, 0.1) is 12.2 Å². The van der Waals surface area contributed by atoms with Crippen LogP contribution in [0.25, 0.3) is 11.0 Å². The molecule has 0 spiro atoms. The highest BCUT2D eigenvalue weighted by molar-refractivity contribution is 5.91. The van der Waals surface area contributed by atoms with Crippen LogP contribution in [-0.4, -0.2) is 30.4 Å². The third-order valence-corrected chi connectivity index (χ3v) is 3.88. The number of cyclic esters (lactones) is 1. The third-order valence-electron chi connectivity index (χ3n) is 3.88. The minimum absolute atomic E-state index is 0.298. The quantitative estimate of drug-likeness (QED) is 0.493. The minimum Gasteiger partial charge on any atom is -0.489 e. The summed E-state index contributed by atoms with van der Waals surface area (Å²) >= 11 is 0. The Kier molecular flexibility index (Phi) is 5.00. The fourth-order valence-corrected chi connectivity index (χ4v) is 2.57. The van der Waals surface area contributed by atoms with Crippen molar-refractivity contribution < 1.29 is 23.8 Å². The summed E-state index contributed by atoms with van der Waals surface area (Å²) in [5, 5.41) is 9.84. The van der Waals surface area contributed by atoms with Gasteiger partial charge in [-0.1, -0.05) is 5.57 Å². The molecule has 1 aliphatic heterocycles. The molecule has 0 saturated heterocycles. The molecule has 0 aliphatic carbocycles. The van der Waals surface area contributed by atoms with Crippen LogP contribution in [0.1, 0.15) is 13.3 Å². The van der Waals surface area contributed by atoms with Crippen LogP contribution < -0.4 is 10.4 Å². The number of carbonyl (C=O) groups is 1. The maximum Gasteiger partial charge on any atom is 0.336 e. The predicted octanol–water partition coefficient (Wildman–Crippen LogP) is 2.35. The van der Waals surface area contributed by atoms with E-state index < -0.39 is 11.6 Å². The molecular weight excluding hydrogens is 324 g/mol. The Labute approximate surface area is 144 Å². The van der Waals surface area contributed by atoms with Crippen molar-refractivity contribution in [2.24, 2.45) is 0 Å². The van der Waals surface area contributed by atoms with E-state index in [1.807, 2.05) is 19.1 Å². The van der Waals surface area contributed by atoms with Crippen molar-refractivity contribution in [3.63, 3.8) is 0 Å². The molecule has 0 bridgehead atoms. The van der Waals surface area contributed by atoms with E-state index in [9.17, 15) is 9.59 Å². The summed E-state index contributed by atoms with van der Waals surface area (Å²) in [4.78, 5) is 22.7. The number of hydrogen-bond donors (Lipinski definition) is 1. The lowest BCUT2D eigenvalue weighted by atomic mass is 10.1. The summed E-state index contributed by atoms with van der Waals surface area (Å²) in [6.45, 7) is 1.95. The van der Waals surface area contributed by atoms with Gasteiger partial charge in [-0.25, -0.2) is 9.59 Å². The number of fused-ring (bicyclic) bond motifs is 1. The van der Waals surface area contributed by atoms with E-state index in [-0.39, 0.29) is 12.7 Å². The number of ether oxygens (including phenoxy) is 2. The van der Waals surface area contributed by atoms with Gasteiger partial charge in [0.1, 0.15) is 24.0 Å². The van der Waals surface area contributed by atoms with Crippen molar-refractivity contribution >= 4 is 16.9 Å².